The highest BCUT2D eigenvalue weighted by Crippen LogP contribution is 2.53. The lowest BCUT2D eigenvalue weighted by Crippen LogP contribution is -2.71. The molecule has 1 N–H and O–H groups in total. The second kappa shape index (κ2) is 4.74. The van der Waals surface area contributed by atoms with Gasteiger partial charge in [0.1, 0.15) is 0 Å². The smallest absolute Gasteiger partial charge is 0.254 e. The zero-order chi connectivity index (χ0) is 17.6. The topological polar surface area (TPSA) is 39.3 Å². The van der Waals surface area contributed by atoms with E-state index in [2.05, 4.69) is 60.7 Å². The van der Waals surface area contributed by atoms with Crippen LogP contribution in [0.15, 0.2) is 23.0 Å². The Hall–Kier alpha value is -1.65. The van der Waals surface area contributed by atoms with Crippen LogP contribution in [-0.4, -0.2) is 41.0 Å². The first-order valence-corrected chi connectivity index (χ1v) is 9.38. The van der Waals surface area contributed by atoms with Crippen LogP contribution in [-0.2, 0) is 0 Å². The molecular weight excluding hydrogens is 310 g/mol. The van der Waals surface area contributed by atoms with Gasteiger partial charge < -0.3 is 4.98 Å². The van der Waals surface area contributed by atoms with Crippen LogP contribution < -0.4 is 5.56 Å². The van der Waals surface area contributed by atoms with E-state index in [0.29, 0.717) is 10.8 Å². The summed E-state index contributed by atoms with van der Waals surface area (Å²) in [6.07, 6.45) is 1.45. The molecular formula is C21H27N3O. The van der Waals surface area contributed by atoms with Crippen LogP contribution in [0.5, 0.6) is 0 Å². The molecule has 0 amide bonds. The Balaban J connectivity index is 1.65. The SMILES string of the molecule is Cc1cc(C)c2[nH]c(=O)c(C3N4CC5(C)CN3CC(C)(C4)C5)cc2c1. The molecule has 6 rings (SSSR count). The molecule has 2 aromatic rings. The van der Waals surface area contributed by atoms with Crippen molar-refractivity contribution in [3.63, 3.8) is 0 Å². The van der Waals surface area contributed by atoms with Crippen molar-refractivity contribution in [2.24, 2.45) is 10.8 Å². The predicted octanol–water partition coefficient (Wildman–Crippen LogP) is 3.19. The van der Waals surface area contributed by atoms with Gasteiger partial charge in [-0.15, -0.1) is 0 Å². The van der Waals surface area contributed by atoms with E-state index in [9.17, 15) is 4.79 Å². The molecule has 132 valence electrons. The fourth-order valence-electron chi connectivity index (χ4n) is 6.29. The minimum Gasteiger partial charge on any atom is -0.321 e. The molecule has 0 aliphatic carbocycles. The molecule has 5 heterocycles. The molecule has 4 aliphatic heterocycles. The summed E-state index contributed by atoms with van der Waals surface area (Å²) >= 11 is 0. The first-order valence-electron chi connectivity index (χ1n) is 9.38. The Morgan fingerprint density at radius 3 is 2.20 bits per heavy atom. The lowest BCUT2D eigenvalue weighted by molar-refractivity contribution is -0.194. The number of benzene rings is 1. The van der Waals surface area contributed by atoms with Crippen molar-refractivity contribution in [2.45, 2.75) is 40.3 Å². The van der Waals surface area contributed by atoms with Gasteiger partial charge >= 0.3 is 0 Å². The number of hydrogen-bond acceptors (Lipinski definition) is 3. The second-order valence-corrected chi connectivity index (χ2v) is 9.58. The summed E-state index contributed by atoms with van der Waals surface area (Å²) in [5.74, 6) is 0. The first kappa shape index (κ1) is 15.6. The molecule has 4 saturated heterocycles. The lowest BCUT2D eigenvalue weighted by Gasteiger charge is -2.66. The van der Waals surface area contributed by atoms with Gasteiger partial charge in [0.05, 0.1) is 11.7 Å². The van der Waals surface area contributed by atoms with Crippen molar-refractivity contribution in [3.05, 3.63) is 45.2 Å². The molecule has 0 atom stereocenters. The summed E-state index contributed by atoms with van der Waals surface area (Å²) in [6, 6.07) is 6.46. The molecule has 0 saturated carbocycles. The highest BCUT2D eigenvalue weighted by atomic mass is 16.1. The van der Waals surface area contributed by atoms with Gasteiger partial charge in [-0.1, -0.05) is 25.5 Å². The molecule has 0 radical (unpaired) electrons. The molecule has 4 bridgehead atoms. The summed E-state index contributed by atoms with van der Waals surface area (Å²) in [5.41, 5.74) is 5.11. The summed E-state index contributed by atoms with van der Waals surface area (Å²) < 4.78 is 0. The summed E-state index contributed by atoms with van der Waals surface area (Å²) in [6.45, 7) is 13.4. The van der Waals surface area contributed by atoms with Crippen molar-refractivity contribution in [1.82, 2.24) is 14.8 Å². The summed E-state index contributed by atoms with van der Waals surface area (Å²) in [5, 5.41) is 1.15. The maximum Gasteiger partial charge on any atom is 0.254 e. The lowest BCUT2D eigenvalue weighted by atomic mass is 9.63. The molecule has 1 aromatic carbocycles. The maximum atomic E-state index is 12.9. The number of aryl methyl sites for hydroxylation is 2. The number of H-pyrrole nitrogens is 1. The van der Waals surface area contributed by atoms with Crippen molar-refractivity contribution in [3.8, 4) is 0 Å². The highest BCUT2D eigenvalue weighted by molar-refractivity contribution is 5.83. The minimum atomic E-state index is 0.0761. The van der Waals surface area contributed by atoms with E-state index >= 15 is 0 Å². The number of piperidine rings is 2. The molecule has 1 aromatic heterocycles. The van der Waals surface area contributed by atoms with Crippen molar-refractivity contribution in [2.75, 3.05) is 26.2 Å². The van der Waals surface area contributed by atoms with Crippen LogP contribution >= 0.6 is 0 Å². The van der Waals surface area contributed by atoms with Gasteiger partial charge in [0, 0.05) is 31.7 Å². The van der Waals surface area contributed by atoms with Gasteiger partial charge in [0.2, 0.25) is 0 Å². The van der Waals surface area contributed by atoms with E-state index in [4.69, 9.17) is 0 Å². The molecule has 4 fully saturated rings. The number of aromatic amines is 1. The third-order valence-electron chi connectivity index (χ3n) is 6.48. The van der Waals surface area contributed by atoms with E-state index in [1.165, 1.54) is 12.0 Å². The van der Waals surface area contributed by atoms with E-state index in [1.54, 1.807) is 0 Å². The Labute approximate surface area is 148 Å². The van der Waals surface area contributed by atoms with Gasteiger partial charge in [-0.25, -0.2) is 0 Å². The summed E-state index contributed by atoms with van der Waals surface area (Å²) in [4.78, 5) is 21.2. The molecule has 0 unspecified atom stereocenters. The number of hydrogen-bond donors (Lipinski definition) is 1. The number of aromatic nitrogens is 1. The maximum absolute atomic E-state index is 12.9. The Morgan fingerprint density at radius 2 is 1.60 bits per heavy atom. The monoisotopic (exact) mass is 337 g/mol. The number of fused-ring (bicyclic) bond motifs is 1. The van der Waals surface area contributed by atoms with E-state index < -0.39 is 0 Å². The minimum absolute atomic E-state index is 0.0761. The van der Waals surface area contributed by atoms with Crippen LogP contribution in [0, 0.1) is 24.7 Å². The Kier molecular flexibility index (Phi) is 2.96. The molecule has 0 spiro atoms. The highest BCUT2D eigenvalue weighted by Gasteiger charge is 2.56. The van der Waals surface area contributed by atoms with Crippen LogP contribution in [0.1, 0.15) is 43.1 Å². The molecule has 4 nitrogen and oxygen atoms in total. The predicted molar refractivity (Wildman–Crippen MR) is 101 cm³/mol. The largest absolute Gasteiger partial charge is 0.321 e. The number of pyridine rings is 1. The number of rotatable bonds is 1. The normalized spacial score (nSPS) is 39.3. The molecule has 4 heteroatoms. The number of nitrogens with one attached hydrogen (secondary N) is 1. The average molecular weight is 337 g/mol. The van der Waals surface area contributed by atoms with E-state index in [0.717, 1.165) is 48.2 Å². The van der Waals surface area contributed by atoms with Crippen molar-refractivity contribution >= 4 is 10.9 Å². The zero-order valence-electron chi connectivity index (χ0n) is 15.6. The third-order valence-corrected chi connectivity index (χ3v) is 6.48. The Morgan fingerprint density at radius 1 is 1.00 bits per heavy atom. The van der Waals surface area contributed by atoms with Gasteiger partial charge in [0.15, 0.2) is 0 Å². The number of nitrogens with zero attached hydrogens (tertiary/aromatic N) is 2. The standard InChI is InChI=1S/C21H27N3O/c1-13-5-14(2)17-15(6-13)7-16(18(25)22-17)19-23-9-20(3)8-21(4,11-23)12-24(19)10-20/h5-7,19H,8-12H2,1-4H3,(H,22,25). The fourth-order valence-corrected chi connectivity index (χ4v) is 6.29. The van der Waals surface area contributed by atoms with Gasteiger partial charge in [-0.3, -0.25) is 14.6 Å². The van der Waals surface area contributed by atoms with Crippen LogP contribution in [0.4, 0.5) is 0 Å². The fraction of sp³-hybridized carbons (Fsp3) is 0.571. The van der Waals surface area contributed by atoms with Crippen LogP contribution in [0.3, 0.4) is 0 Å². The second-order valence-electron chi connectivity index (χ2n) is 9.58. The first-order chi connectivity index (χ1) is 11.8. The van der Waals surface area contributed by atoms with Gasteiger partial charge in [-0.2, -0.15) is 0 Å². The van der Waals surface area contributed by atoms with Gasteiger partial charge in [0.25, 0.3) is 5.56 Å². The zero-order valence-corrected chi connectivity index (χ0v) is 15.6. The van der Waals surface area contributed by atoms with E-state index in [1.807, 2.05) is 0 Å². The Bertz CT molecular complexity index is 908. The quantitative estimate of drug-likeness (QED) is 0.869. The van der Waals surface area contributed by atoms with Crippen molar-refractivity contribution in [1.29, 1.82) is 0 Å². The van der Waals surface area contributed by atoms with Crippen LogP contribution in [0.25, 0.3) is 10.9 Å². The van der Waals surface area contributed by atoms with Crippen molar-refractivity contribution < 1.29 is 0 Å². The summed E-state index contributed by atoms with van der Waals surface area (Å²) in [7, 11) is 0. The molecule has 25 heavy (non-hydrogen) atoms. The van der Waals surface area contributed by atoms with E-state index in [-0.39, 0.29) is 11.7 Å². The molecule has 4 aliphatic rings. The average Bonchev–Trinajstić information content (AvgIpc) is 2.45. The van der Waals surface area contributed by atoms with Crippen LogP contribution in [0.2, 0.25) is 0 Å². The third kappa shape index (κ3) is 2.24. The van der Waals surface area contributed by atoms with Gasteiger partial charge in [-0.05, 0) is 54.2 Å².